The van der Waals surface area contributed by atoms with Gasteiger partial charge >= 0.3 is 0 Å². The normalized spacial score (nSPS) is 15.9. The first-order valence-electron chi connectivity index (χ1n) is 11.5. The molecule has 1 atom stereocenters. The van der Waals surface area contributed by atoms with E-state index in [0.29, 0.717) is 35.0 Å². The highest BCUT2D eigenvalue weighted by atomic mass is 16.5. The summed E-state index contributed by atoms with van der Waals surface area (Å²) in [6.07, 6.45) is 5.12. The number of hydrogen-bond acceptors (Lipinski definition) is 6. The van der Waals surface area contributed by atoms with E-state index in [0.717, 1.165) is 29.5 Å². The monoisotopic (exact) mass is 460 g/mol. The fourth-order valence-corrected chi connectivity index (χ4v) is 4.71. The van der Waals surface area contributed by atoms with Crippen LogP contribution in [0.2, 0.25) is 0 Å². The van der Waals surface area contributed by atoms with Crippen molar-refractivity contribution in [1.82, 2.24) is 19.7 Å². The van der Waals surface area contributed by atoms with Crippen LogP contribution in [0.4, 0.5) is 0 Å². The molecule has 8 nitrogen and oxygen atoms in total. The number of methoxy groups -OCH3 is 2. The maximum absolute atomic E-state index is 14.0. The second-order valence-electron chi connectivity index (χ2n) is 8.72. The number of aromatic nitrogens is 3. The number of likely N-dealkylation sites (tertiary alicyclic amines) is 1. The number of hydrogen-bond donors (Lipinski definition) is 0. The molecule has 0 spiro atoms. The van der Waals surface area contributed by atoms with Crippen LogP contribution in [0.5, 0.6) is 11.5 Å². The highest BCUT2D eigenvalue weighted by Crippen LogP contribution is 2.40. The molecule has 1 aromatic carbocycles. The second-order valence-corrected chi connectivity index (χ2v) is 8.72. The zero-order chi connectivity index (χ0) is 23.8. The van der Waals surface area contributed by atoms with Crippen LogP contribution in [-0.4, -0.2) is 46.3 Å². The van der Waals surface area contributed by atoms with Crippen molar-refractivity contribution in [2.45, 2.75) is 38.8 Å². The van der Waals surface area contributed by atoms with Crippen LogP contribution in [0, 0.1) is 0 Å². The summed E-state index contributed by atoms with van der Waals surface area (Å²) in [6, 6.07) is 11.2. The van der Waals surface area contributed by atoms with Crippen molar-refractivity contribution in [2.24, 2.45) is 0 Å². The Morgan fingerprint density at radius 1 is 1.18 bits per heavy atom. The van der Waals surface area contributed by atoms with Gasteiger partial charge in [-0.1, -0.05) is 0 Å². The Labute approximate surface area is 198 Å². The van der Waals surface area contributed by atoms with E-state index >= 15 is 0 Å². The summed E-state index contributed by atoms with van der Waals surface area (Å²) < 4.78 is 18.4. The minimum absolute atomic E-state index is 0.0520. The van der Waals surface area contributed by atoms with E-state index in [9.17, 15) is 4.79 Å². The van der Waals surface area contributed by atoms with Crippen LogP contribution >= 0.6 is 0 Å². The van der Waals surface area contributed by atoms with Gasteiger partial charge in [0.15, 0.2) is 11.4 Å². The number of rotatable bonds is 6. The number of ether oxygens (including phenoxy) is 2. The molecule has 1 unspecified atom stereocenters. The van der Waals surface area contributed by atoms with Gasteiger partial charge in [-0.3, -0.25) is 4.79 Å². The molecule has 1 amide bonds. The maximum atomic E-state index is 14.0. The molecule has 0 N–H and O–H groups in total. The number of nitrogens with zero attached hydrogens (tertiary/aromatic N) is 4. The number of fused-ring (bicyclic) bond motifs is 1. The van der Waals surface area contributed by atoms with Crippen LogP contribution in [0.25, 0.3) is 22.5 Å². The Morgan fingerprint density at radius 3 is 2.74 bits per heavy atom. The number of carbonyl (C=O) groups is 1. The molecular weight excluding hydrogens is 432 g/mol. The maximum Gasteiger partial charge on any atom is 0.255 e. The molecule has 0 aliphatic carbocycles. The molecule has 1 aliphatic heterocycles. The van der Waals surface area contributed by atoms with Crippen molar-refractivity contribution in [3.8, 4) is 23.0 Å². The van der Waals surface area contributed by atoms with Crippen molar-refractivity contribution < 1.29 is 18.7 Å². The minimum atomic E-state index is -0.0937. The predicted molar refractivity (Wildman–Crippen MR) is 128 cm³/mol. The lowest BCUT2D eigenvalue weighted by molar-refractivity contribution is 0.0736. The van der Waals surface area contributed by atoms with Gasteiger partial charge in [0.05, 0.1) is 43.7 Å². The van der Waals surface area contributed by atoms with E-state index in [1.54, 1.807) is 26.7 Å². The van der Waals surface area contributed by atoms with Crippen molar-refractivity contribution in [2.75, 3.05) is 20.8 Å². The lowest BCUT2D eigenvalue weighted by Gasteiger charge is -2.27. The van der Waals surface area contributed by atoms with Gasteiger partial charge in [0.2, 0.25) is 0 Å². The molecule has 4 heterocycles. The molecule has 5 rings (SSSR count). The van der Waals surface area contributed by atoms with E-state index in [1.807, 2.05) is 59.8 Å². The van der Waals surface area contributed by atoms with Crippen molar-refractivity contribution in [3.63, 3.8) is 0 Å². The van der Waals surface area contributed by atoms with Crippen LogP contribution in [0.15, 0.2) is 53.3 Å². The third-order valence-electron chi connectivity index (χ3n) is 6.37. The van der Waals surface area contributed by atoms with Gasteiger partial charge < -0.3 is 18.8 Å². The zero-order valence-corrected chi connectivity index (χ0v) is 19.8. The molecule has 4 aromatic rings. The predicted octanol–water partition coefficient (Wildman–Crippen LogP) is 5.27. The summed E-state index contributed by atoms with van der Waals surface area (Å²) in [5, 5.41) is 5.27. The van der Waals surface area contributed by atoms with Crippen LogP contribution in [0.3, 0.4) is 0 Å². The van der Waals surface area contributed by atoms with Gasteiger partial charge in [-0.2, -0.15) is 5.10 Å². The van der Waals surface area contributed by atoms with Crippen molar-refractivity contribution >= 4 is 16.9 Å². The van der Waals surface area contributed by atoms with Crippen molar-refractivity contribution in [1.29, 1.82) is 0 Å². The molecule has 0 saturated carbocycles. The smallest absolute Gasteiger partial charge is 0.255 e. The number of carbonyl (C=O) groups excluding carboxylic acids is 1. The first-order chi connectivity index (χ1) is 16.5. The molecule has 176 valence electrons. The highest BCUT2D eigenvalue weighted by molar-refractivity contribution is 6.06. The summed E-state index contributed by atoms with van der Waals surface area (Å²) >= 11 is 0. The third-order valence-corrected chi connectivity index (χ3v) is 6.37. The lowest BCUT2D eigenvalue weighted by Crippen LogP contribution is -2.31. The first-order valence-corrected chi connectivity index (χ1v) is 11.5. The van der Waals surface area contributed by atoms with Gasteiger partial charge in [0.1, 0.15) is 17.2 Å². The van der Waals surface area contributed by atoms with E-state index in [1.165, 1.54) is 0 Å². The molecule has 0 radical (unpaired) electrons. The molecule has 1 saturated heterocycles. The fraction of sp³-hybridized carbons (Fsp3) is 0.346. The van der Waals surface area contributed by atoms with Gasteiger partial charge in [-0.05, 0) is 57.0 Å². The lowest BCUT2D eigenvalue weighted by atomic mass is 10.0. The number of furan rings is 1. The van der Waals surface area contributed by atoms with E-state index in [2.05, 4.69) is 5.10 Å². The van der Waals surface area contributed by atoms with E-state index < -0.39 is 0 Å². The van der Waals surface area contributed by atoms with Gasteiger partial charge in [-0.25, -0.2) is 9.67 Å². The number of pyridine rings is 1. The molecule has 3 aromatic heterocycles. The minimum Gasteiger partial charge on any atom is -0.497 e. The second kappa shape index (κ2) is 8.85. The van der Waals surface area contributed by atoms with Crippen molar-refractivity contribution in [3.05, 3.63) is 60.0 Å². The Hall–Kier alpha value is -3.81. The van der Waals surface area contributed by atoms with Crippen LogP contribution in [0.1, 0.15) is 54.7 Å². The topological polar surface area (TPSA) is 82.6 Å². The average Bonchev–Trinajstić information content (AvgIpc) is 3.62. The van der Waals surface area contributed by atoms with Crippen LogP contribution < -0.4 is 9.47 Å². The third kappa shape index (κ3) is 3.69. The zero-order valence-electron chi connectivity index (χ0n) is 19.8. The van der Waals surface area contributed by atoms with E-state index in [4.69, 9.17) is 18.9 Å². The largest absolute Gasteiger partial charge is 0.497 e. The summed E-state index contributed by atoms with van der Waals surface area (Å²) in [5.41, 5.74) is 2.83. The molecule has 34 heavy (non-hydrogen) atoms. The Bertz CT molecular complexity index is 1330. The van der Waals surface area contributed by atoms with E-state index in [-0.39, 0.29) is 18.0 Å². The highest BCUT2D eigenvalue weighted by Gasteiger charge is 2.34. The quantitative estimate of drug-likeness (QED) is 0.390. The van der Waals surface area contributed by atoms with Gasteiger partial charge in [0.25, 0.3) is 5.91 Å². The first kappa shape index (κ1) is 22.0. The number of benzene rings is 1. The molecule has 8 heteroatoms. The fourth-order valence-electron chi connectivity index (χ4n) is 4.71. The summed E-state index contributed by atoms with van der Waals surface area (Å²) in [4.78, 5) is 20.8. The number of amides is 1. The summed E-state index contributed by atoms with van der Waals surface area (Å²) in [7, 11) is 3.27. The summed E-state index contributed by atoms with van der Waals surface area (Å²) in [5.74, 6) is 2.00. The Balaban J connectivity index is 1.60. The van der Waals surface area contributed by atoms with Crippen LogP contribution in [-0.2, 0) is 0 Å². The van der Waals surface area contributed by atoms with Gasteiger partial charge in [-0.15, -0.1) is 0 Å². The molecule has 1 fully saturated rings. The van der Waals surface area contributed by atoms with Gasteiger partial charge in [0, 0.05) is 24.2 Å². The Morgan fingerprint density at radius 2 is 2.03 bits per heavy atom. The SMILES string of the molecule is COc1ccc(C2CCCN2C(=O)c2cc(-c3ccco3)nc3c2cnn3C(C)C)c(OC)c1. The average molecular weight is 461 g/mol. The molecular formula is C26H28N4O4. The summed E-state index contributed by atoms with van der Waals surface area (Å²) in [6.45, 7) is 4.75. The molecule has 0 bridgehead atoms. The standard InChI is InChI=1S/C26H28N4O4/c1-16(2)30-25-20(15-27-30)19(14-21(28-25)23-8-6-12-34-23)26(31)29-11-5-7-22(29)18-10-9-17(32-3)13-24(18)33-4/h6,8-10,12-16,22H,5,7,11H2,1-4H3. The molecule has 1 aliphatic rings. The Kier molecular flexibility index (Phi) is 5.73.